The molecular formula is C12H17NO3. The zero-order valence-electron chi connectivity index (χ0n) is 9.73. The van der Waals surface area contributed by atoms with E-state index in [2.05, 4.69) is 5.32 Å². The molecule has 1 unspecified atom stereocenters. The summed E-state index contributed by atoms with van der Waals surface area (Å²) >= 11 is 0. The molecule has 0 spiro atoms. The summed E-state index contributed by atoms with van der Waals surface area (Å²) in [5, 5.41) is 12.4. The van der Waals surface area contributed by atoms with Crippen LogP contribution in [0.1, 0.15) is 25.5 Å². The lowest BCUT2D eigenvalue weighted by molar-refractivity contribution is -0.130. The van der Waals surface area contributed by atoms with Gasteiger partial charge in [-0.05, 0) is 31.5 Å². The van der Waals surface area contributed by atoms with E-state index in [4.69, 9.17) is 4.74 Å². The van der Waals surface area contributed by atoms with Crippen molar-refractivity contribution in [2.45, 2.75) is 26.0 Å². The Balaban J connectivity index is 2.79. The van der Waals surface area contributed by atoms with Crippen LogP contribution in [-0.2, 0) is 4.79 Å². The van der Waals surface area contributed by atoms with Gasteiger partial charge in [-0.2, -0.15) is 0 Å². The maximum atomic E-state index is 11.6. The summed E-state index contributed by atoms with van der Waals surface area (Å²) in [6.45, 7) is 3.69. The fourth-order valence-electron chi connectivity index (χ4n) is 1.33. The molecule has 1 amide bonds. The van der Waals surface area contributed by atoms with Crippen molar-refractivity contribution in [1.82, 2.24) is 5.32 Å². The zero-order chi connectivity index (χ0) is 12.1. The average molecular weight is 223 g/mol. The third-order valence-corrected chi connectivity index (χ3v) is 2.09. The molecule has 0 heterocycles. The second-order valence-electron chi connectivity index (χ2n) is 3.84. The maximum Gasteiger partial charge on any atom is 0.253 e. The Morgan fingerprint density at radius 1 is 1.44 bits per heavy atom. The largest absolute Gasteiger partial charge is 0.497 e. The molecule has 0 fully saturated rings. The van der Waals surface area contributed by atoms with Crippen LogP contribution in [0.2, 0.25) is 0 Å². The molecule has 88 valence electrons. The summed E-state index contributed by atoms with van der Waals surface area (Å²) in [6.07, 6.45) is -1.16. The summed E-state index contributed by atoms with van der Waals surface area (Å²) in [5.41, 5.74) is 0.525. The average Bonchev–Trinajstić information content (AvgIpc) is 2.27. The highest BCUT2D eigenvalue weighted by Gasteiger charge is 2.18. The Morgan fingerprint density at radius 2 is 2.12 bits per heavy atom. The number of methoxy groups -OCH3 is 1. The molecule has 16 heavy (non-hydrogen) atoms. The summed E-state index contributed by atoms with van der Waals surface area (Å²) in [7, 11) is 1.54. The first-order chi connectivity index (χ1) is 7.54. The van der Waals surface area contributed by atoms with Gasteiger partial charge in [0.2, 0.25) is 0 Å². The normalized spacial score (nSPS) is 12.3. The quantitative estimate of drug-likeness (QED) is 0.807. The third kappa shape index (κ3) is 3.24. The van der Waals surface area contributed by atoms with Gasteiger partial charge in [0.15, 0.2) is 6.10 Å². The highest BCUT2D eigenvalue weighted by molar-refractivity contribution is 5.82. The van der Waals surface area contributed by atoms with Crippen molar-refractivity contribution in [1.29, 1.82) is 0 Å². The molecule has 0 radical (unpaired) electrons. The molecule has 4 heteroatoms. The van der Waals surface area contributed by atoms with Crippen molar-refractivity contribution in [3.63, 3.8) is 0 Å². The number of aliphatic hydroxyl groups is 1. The summed E-state index contributed by atoms with van der Waals surface area (Å²) in [6, 6.07) is 6.83. The van der Waals surface area contributed by atoms with Gasteiger partial charge in [-0.1, -0.05) is 12.1 Å². The molecule has 0 aliphatic carbocycles. The van der Waals surface area contributed by atoms with E-state index in [0.29, 0.717) is 11.3 Å². The van der Waals surface area contributed by atoms with Crippen molar-refractivity contribution in [3.8, 4) is 5.75 Å². The molecule has 1 aromatic carbocycles. The Bertz CT molecular complexity index is 363. The van der Waals surface area contributed by atoms with Crippen LogP contribution < -0.4 is 10.1 Å². The molecule has 1 atom stereocenters. The Hall–Kier alpha value is -1.55. The van der Waals surface area contributed by atoms with Crippen LogP contribution in [0.5, 0.6) is 5.75 Å². The number of rotatable bonds is 4. The molecule has 0 aliphatic heterocycles. The van der Waals surface area contributed by atoms with Gasteiger partial charge in [0.05, 0.1) is 7.11 Å². The number of ether oxygens (including phenoxy) is 1. The van der Waals surface area contributed by atoms with Crippen LogP contribution in [0, 0.1) is 0 Å². The molecule has 4 nitrogen and oxygen atoms in total. The highest BCUT2D eigenvalue weighted by atomic mass is 16.5. The fourth-order valence-corrected chi connectivity index (χ4v) is 1.33. The lowest BCUT2D eigenvalue weighted by Gasteiger charge is -2.14. The third-order valence-electron chi connectivity index (χ3n) is 2.09. The smallest absolute Gasteiger partial charge is 0.253 e. The van der Waals surface area contributed by atoms with E-state index < -0.39 is 12.0 Å². The Kier molecular flexibility index (Phi) is 4.31. The standard InChI is InChI=1S/C12H17NO3/c1-8(2)13-12(15)11(14)9-5-4-6-10(7-9)16-3/h4-8,11,14H,1-3H3,(H,13,15). The number of benzene rings is 1. The Morgan fingerprint density at radius 3 is 2.69 bits per heavy atom. The van der Waals surface area contributed by atoms with Gasteiger partial charge in [-0.15, -0.1) is 0 Å². The SMILES string of the molecule is COc1cccc(C(O)C(=O)NC(C)C)c1. The van der Waals surface area contributed by atoms with E-state index in [1.165, 1.54) is 0 Å². The monoisotopic (exact) mass is 223 g/mol. The molecule has 0 aliphatic rings. The van der Waals surface area contributed by atoms with E-state index in [1.807, 2.05) is 13.8 Å². The Labute approximate surface area is 95.2 Å². The minimum absolute atomic E-state index is 0.00718. The van der Waals surface area contributed by atoms with Crippen molar-refractivity contribution < 1.29 is 14.6 Å². The minimum atomic E-state index is -1.16. The number of amides is 1. The van der Waals surface area contributed by atoms with Crippen molar-refractivity contribution >= 4 is 5.91 Å². The maximum absolute atomic E-state index is 11.6. The highest BCUT2D eigenvalue weighted by Crippen LogP contribution is 2.19. The van der Waals surface area contributed by atoms with Crippen LogP contribution in [0.3, 0.4) is 0 Å². The van der Waals surface area contributed by atoms with Gasteiger partial charge in [0.1, 0.15) is 5.75 Å². The van der Waals surface area contributed by atoms with E-state index in [-0.39, 0.29) is 6.04 Å². The number of carbonyl (C=O) groups is 1. The molecule has 2 N–H and O–H groups in total. The first-order valence-corrected chi connectivity index (χ1v) is 5.17. The first-order valence-electron chi connectivity index (χ1n) is 5.17. The lowest BCUT2D eigenvalue weighted by atomic mass is 10.1. The van der Waals surface area contributed by atoms with Gasteiger partial charge in [-0.25, -0.2) is 0 Å². The van der Waals surface area contributed by atoms with E-state index in [1.54, 1.807) is 31.4 Å². The number of hydrogen-bond donors (Lipinski definition) is 2. The van der Waals surface area contributed by atoms with Crippen LogP contribution >= 0.6 is 0 Å². The zero-order valence-corrected chi connectivity index (χ0v) is 9.73. The van der Waals surface area contributed by atoms with Gasteiger partial charge < -0.3 is 15.2 Å². The topological polar surface area (TPSA) is 58.6 Å². The second kappa shape index (κ2) is 5.51. The van der Waals surface area contributed by atoms with E-state index in [9.17, 15) is 9.90 Å². The molecule has 0 saturated heterocycles. The number of nitrogens with one attached hydrogen (secondary N) is 1. The molecule has 1 aromatic rings. The second-order valence-corrected chi connectivity index (χ2v) is 3.84. The number of carbonyl (C=O) groups excluding carboxylic acids is 1. The van der Waals surface area contributed by atoms with Crippen molar-refractivity contribution in [3.05, 3.63) is 29.8 Å². The van der Waals surface area contributed by atoms with Crippen molar-refractivity contribution in [2.24, 2.45) is 0 Å². The van der Waals surface area contributed by atoms with E-state index in [0.717, 1.165) is 0 Å². The minimum Gasteiger partial charge on any atom is -0.497 e. The predicted octanol–water partition coefficient (Wildman–Crippen LogP) is 1.25. The molecule has 1 rings (SSSR count). The van der Waals surface area contributed by atoms with E-state index >= 15 is 0 Å². The first kappa shape index (κ1) is 12.5. The molecule has 0 aromatic heterocycles. The lowest BCUT2D eigenvalue weighted by Crippen LogP contribution is -2.34. The number of hydrogen-bond acceptors (Lipinski definition) is 3. The van der Waals surface area contributed by atoms with Crippen LogP contribution in [-0.4, -0.2) is 24.2 Å². The van der Waals surface area contributed by atoms with Gasteiger partial charge >= 0.3 is 0 Å². The van der Waals surface area contributed by atoms with Gasteiger partial charge in [0.25, 0.3) is 5.91 Å². The van der Waals surface area contributed by atoms with Crippen LogP contribution in [0.4, 0.5) is 0 Å². The molecule has 0 saturated carbocycles. The predicted molar refractivity (Wildman–Crippen MR) is 61.2 cm³/mol. The summed E-state index contributed by atoms with van der Waals surface area (Å²) in [4.78, 5) is 11.6. The molecule has 0 bridgehead atoms. The van der Waals surface area contributed by atoms with Gasteiger partial charge in [-0.3, -0.25) is 4.79 Å². The van der Waals surface area contributed by atoms with Crippen LogP contribution in [0.25, 0.3) is 0 Å². The summed E-state index contributed by atoms with van der Waals surface area (Å²) < 4.78 is 5.02. The van der Waals surface area contributed by atoms with Crippen molar-refractivity contribution in [2.75, 3.05) is 7.11 Å². The number of aliphatic hydroxyl groups excluding tert-OH is 1. The van der Waals surface area contributed by atoms with Gasteiger partial charge in [0, 0.05) is 6.04 Å². The van der Waals surface area contributed by atoms with Crippen LogP contribution in [0.15, 0.2) is 24.3 Å². The molecular weight excluding hydrogens is 206 g/mol. The fraction of sp³-hybridized carbons (Fsp3) is 0.417. The summed E-state index contributed by atoms with van der Waals surface area (Å²) in [5.74, 6) is 0.220.